The van der Waals surface area contributed by atoms with Gasteiger partial charge in [-0.25, -0.2) is 14.4 Å². The highest BCUT2D eigenvalue weighted by molar-refractivity contribution is 5.94. The van der Waals surface area contributed by atoms with E-state index in [2.05, 4.69) is 25.8 Å². The fourth-order valence-corrected chi connectivity index (χ4v) is 3.42. The van der Waals surface area contributed by atoms with E-state index in [4.69, 9.17) is 0 Å². The largest absolute Gasteiger partial charge is 0.366 e. The van der Waals surface area contributed by atoms with Gasteiger partial charge < -0.3 is 9.80 Å². The van der Waals surface area contributed by atoms with Crippen molar-refractivity contribution < 1.29 is 14.1 Å². The number of anilines is 3. The zero-order chi connectivity index (χ0) is 22.5. The van der Waals surface area contributed by atoms with E-state index in [1.807, 2.05) is 4.90 Å². The monoisotopic (exact) mass is 438 g/mol. The molecule has 12 heteroatoms. The lowest BCUT2D eigenvalue weighted by molar-refractivity contribution is -0.383. The van der Waals surface area contributed by atoms with E-state index in [1.165, 1.54) is 36.9 Å². The van der Waals surface area contributed by atoms with E-state index in [1.54, 1.807) is 23.1 Å². The van der Waals surface area contributed by atoms with E-state index in [0.29, 0.717) is 37.4 Å². The summed E-state index contributed by atoms with van der Waals surface area (Å²) in [5.74, 6) is -0.830. The molecule has 164 valence electrons. The molecule has 0 unspecified atom stereocenters. The smallest absolute Gasteiger partial charge is 0.355 e. The molecule has 1 fully saturated rings. The number of hydrogen-bond donors (Lipinski definition) is 2. The van der Waals surface area contributed by atoms with Crippen LogP contribution in [0.4, 0.5) is 27.4 Å². The average molecular weight is 438 g/mol. The number of hydrazine groups is 1. The lowest BCUT2D eigenvalue weighted by Gasteiger charge is -2.36. The van der Waals surface area contributed by atoms with Gasteiger partial charge in [0.05, 0.1) is 10.6 Å². The summed E-state index contributed by atoms with van der Waals surface area (Å²) in [7, 11) is 0. The van der Waals surface area contributed by atoms with Gasteiger partial charge in [-0.05, 0) is 24.3 Å². The van der Waals surface area contributed by atoms with Gasteiger partial charge in [-0.15, -0.1) is 0 Å². The molecule has 1 aliphatic rings. The molecule has 0 aliphatic carbocycles. The van der Waals surface area contributed by atoms with Crippen molar-refractivity contribution in [1.29, 1.82) is 0 Å². The molecule has 2 aromatic heterocycles. The minimum absolute atomic E-state index is 0.124. The number of aromatic nitrogens is 3. The van der Waals surface area contributed by atoms with Crippen LogP contribution in [-0.4, -0.2) is 52.0 Å². The number of carbonyl (C=O) groups excluding carboxylic acids is 1. The van der Waals surface area contributed by atoms with Crippen LogP contribution < -0.4 is 20.7 Å². The minimum Gasteiger partial charge on any atom is -0.366 e. The number of pyridine rings is 1. The number of benzene rings is 1. The van der Waals surface area contributed by atoms with Crippen molar-refractivity contribution >= 4 is 28.9 Å². The Morgan fingerprint density at radius 1 is 1.03 bits per heavy atom. The molecular formula is C20H19FN8O3. The molecule has 0 saturated carbocycles. The molecule has 32 heavy (non-hydrogen) atoms. The van der Waals surface area contributed by atoms with Crippen LogP contribution in [0.1, 0.15) is 10.4 Å². The summed E-state index contributed by atoms with van der Waals surface area (Å²) < 4.78 is 14.1. The predicted octanol–water partition coefficient (Wildman–Crippen LogP) is 2.00. The molecule has 3 heterocycles. The van der Waals surface area contributed by atoms with E-state index in [-0.39, 0.29) is 23.1 Å². The molecule has 3 aromatic rings. The standard InChI is InChI=1S/C20H19FN8O3/c21-15-3-1-2-4-16(15)27-9-11-28(12-10-27)19-17(29(31)32)18(23-13-24-19)25-26-20(30)14-5-7-22-8-6-14/h1-8,13H,9-12H2,(H,26,30)(H,23,24,25). The fourth-order valence-electron chi connectivity index (χ4n) is 3.42. The summed E-state index contributed by atoms with van der Waals surface area (Å²) in [6, 6.07) is 9.50. The highest BCUT2D eigenvalue weighted by Gasteiger charge is 2.30. The molecule has 0 radical (unpaired) electrons. The van der Waals surface area contributed by atoms with Crippen LogP contribution in [0.2, 0.25) is 0 Å². The number of halogens is 1. The maximum absolute atomic E-state index is 14.1. The summed E-state index contributed by atoms with van der Waals surface area (Å²) >= 11 is 0. The van der Waals surface area contributed by atoms with Crippen LogP contribution in [0.3, 0.4) is 0 Å². The Labute approximate surface area is 182 Å². The fraction of sp³-hybridized carbons (Fsp3) is 0.200. The van der Waals surface area contributed by atoms with E-state index >= 15 is 0 Å². The first-order valence-electron chi connectivity index (χ1n) is 9.75. The van der Waals surface area contributed by atoms with Gasteiger partial charge in [-0.1, -0.05) is 12.1 Å². The van der Waals surface area contributed by atoms with Crippen LogP contribution in [-0.2, 0) is 0 Å². The molecule has 0 bridgehead atoms. The first-order chi connectivity index (χ1) is 15.5. The van der Waals surface area contributed by atoms with E-state index in [0.717, 1.165) is 0 Å². The summed E-state index contributed by atoms with van der Waals surface area (Å²) in [6.45, 7) is 1.72. The second-order valence-electron chi connectivity index (χ2n) is 6.89. The quantitative estimate of drug-likeness (QED) is 0.438. The maximum atomic E-state index is 14.1. The zero-order valence-corrected chi connectivity index (χ0v) is 16.8. The number of carbonyl (C=O) groups is 1. The van der Waals surface area contributed by atoms with Crippen molar-refractivity contribution in [2.24, 2.45) is 0 Å². The van der Waals surface area contributed by atoms with Crippen LogP contribution in [0.25, 0.3) is 0 Å². The van der Waals surface area contributed by atoms with Crippen LogP contribution in [0, 0.1) is 15.9 Å². The minimum atomic E-state index is -0.598. The Morgan fingerprint density at radius 2 is 1.72 bits per heavy atom. The highest BCUT2D eigenvalue weighted by Crippen LogP contribution is 2.32. The van der Waals surface area contributed by atoms with Crippen LogP contribution >= 0.6 is 0 Å². The summed E-state index contributed by atoms with van der Waals surface area (Å²) in [5, 5.41) is 11.8. The third-order valence-electron chi connectivity index (χ3n) is 4.99. The lowest BCUT2D eigenvalue weighted by Crippen LogP contribution is -2.47. The molecule has 4 rings (SSSR count). The number of para-hydroxylation sites is 1. The molecule has 1 saturated heterocycles. The van der Waals surface area contributed by atoms with Gasteiger partial charge in [0.25, 0.3) is 5.91 Å². The average Bonchev–Trinajstić information content (AvgIpc) is 2.83. The Kier molecular flexibility index (Phi) is 6.01. The summed E-state index contributed by atoms with van der Waals surface area (Å²) in [4.78, 5) is 38.9. The topological polar surface area (TPSA) is 129 Å². The molecule has 1 aliphatic heterocycles. The number of rotatable bonds is 6. The van der Waals surface area contributed by atoms with Gasteiger partial charge in [-0.2, -0.15) is 0 Å². The summed E-state index contributed by atoms with van der Waals surface area (Å²) in [5.41, 5.74) is 5.37. The molecular weight excluding hydrogens is 419 g/mol. The third kappa shape index (κ3) is 4.38. The van der Waals surface area contributed by atoms with Crippen molar-refractivity contribution in [3.63, 3.8) is 0 Å². The van der Waals surface area contributed by atoms with Gasteiger partial charge in [0.1, 0.15) is 12.1 Å². The number of nitrogens with zero attached hydrogens (tertiary/aromatic N) is 6. The van der Waals surface area contributed by atoms with Crippen molar-refractivity contribution in [2.75, 3.05) is 41.4 Å². The normalized spacial score (nSPS) is 13.5. The number of amides is 1. The highest BCUT2D eigenvalue weighted by atomic mass is 19.1. The molecule has 1 aromatic carbocycles. The second kappa shape index (κ2) is 9.20. The molecule has 0 atom stereocenters. The maximum Gasteiger partial charge on any atom is 0.355 e. The van der Waals surface area contributed by atoms with E-state index < -0.39 is 10.8 Å². The van der Waals surface area contributed by atoms with Gasteiger partial charge in [0, 0.05) is 44.1 Å². The predicted molar refractivity (Wildman–Crippen MR) is 115 cm³/mol. The molecule has 11 nitrogen and oxygen atoms in total. The van der Waals surface area contributed by atoms with Crippen molar-refractivity contribution in [2.45, 2.75) is 0 Å². The SMILES string of the molecule is O=C(NNc1ncnc(N2CCN(c3ccccc3F)CC2)c1[N+](=O)[O-])c1ccncc1. The first-order valence-corrected chi connectivity index (χ1v) is 9.75. The Morgan fingerprint density at radius 3 is 2.41 bits per heavy atom. The van der Waals surface area contributed by atoms with Crippen molar-refractivity contribution in [3.8, 4) is 0 Å². The molecule has 0 spiro atoms. The first kappa shape index (κ1) is 20.9. The Hall–Kier alpha value is -4.35. The third-order valence-corrected chi connectivity index (χ3v) is 4.99. The van der Waals surface area contributed by atoms with Crippen molar-refractivity contribution in [1.82, 2.24) is 20.4 Å². The van der Waals surface area contributed by atoms with Crippen LogP contribution in [0.5, 0.6) is 0 Å². The van der Waals surface area contributed by atoms with Gasteiger partial charge in [-0.3, -0.25) is 30.7 Å². The number of nitrogens with one attached hydrogen (secondary N) is 2. The summed E-state index contributed by atoms with van der Waals surface area (Å²) in [6.07, 6.45) is 4.11. The Bertz CT molecular complexity index is 1120. The second-order valence-corrected chi connectivity index (χ2v) is 6.89. The number of piperazine rings is 1. The van der Waals surface area contributed by atoms with E-state index in [9.17, 15) is 19.3 Å². The molecule has 1 amide bonds. The van der Waals surface area contributed by atoms with Crippen LogP contribution in [0.15, 0.2) is 55.1 Å². The number of nitro groups is 1. The van der Waals surface area contributed by atoms with Crippen molar-refractivity contribution in [3.05, 3.63) is 76.6 Å². The molecule has 2 N–H and O–H groups in total. The van der Waals surface area contributed by atoms with Gasteiger partial charge >= 0.3 is 5.69 Å². The number of hydrogen-bond acceptors (Lipinski definition) is 9. The Balaban J connectivity index is 1.49. The van der Waals surface area contributed by atoms with Gasteiger partial charge in [0.15, 0.2) is 0 Å². The van der Waals surface area contributed by atoms with Gasteiger partial charge in [0.2, 0.25) is 11.6 Å². The zero-order valence-electron chi connectivity index (χ0n) is 16.8. The lowest BCUT2D eigenvalue weighted by atomic mass is 10.2.